The Morgan fingerprint density at radius 1 is 1.10 bits per heavy atom. The Labute approximate surface area is 122 Å². The summed E-state index contributed by atoms with van der Waals surface area (Å²) in [5, 5.41) is 5.06. The summed E-state index contributed by atoms with van der Waals surface area (Å²) in [5.41, 5.74) is 2.04. The number of hydrogen-bond donors (Lipinski definition) is 1. The van der Waals surface area contributed by atoms with Crippen LogP contribution >= 0.6 is 11.6 Å². The number of para-hydroxylation sites is 1. The molecule has 4 heteroatoms. The molecule has 1 N–H and O–H groups in total. The van der Waals surface area contributed by atoms with Crippen LogP contribution in [0, 0.1) is 0 Å². The van der Waals surface area contributed by atoms with Crippen molar-refractivity contribution >= 4 is 28.5 Å². The summed E-state index contributed by atoms with van der Waals surface area (Å²) >= 11 is 6.01. The smallest absolute Gasteiger partial charge is 0.223 e. The molecular weight excluding hydrogens is 270 g/mol. The van der Waals surface area contributed by atoms with Crippen molar-refractivity contribution in [3.8, 4) is 0 Å². The van der Waals surface area contributed by atoms with Crippen molar-refractivity contribution < 1.29 is 0 Å². The molecule has 100 valence electrons. The van der Waals surface area contributed by atoms with Crippen molar-refractivity contribution in [3.63, 3.8) is 0 Å². The Bertz CT molecular complexity index is 742. The Kier molecular flexibility index (Phi) is 3.52. The summed E-state index contributed by atoms with van der Waals surface area (Å²) in [6, 6.07) is 15.8. The summed E-state index contributed by atoms with van der Waals surface area (Å²) in [6.07, 6.45) is 1.83. The van der Waals surface area contributed by atoms with E-state index in [9.17, 15) is 0 Å². The van der Waals surface area contributed by atoms with Gasteiger partial charge in [-0.2, -0.15) is 0 Å². The van der Waals surface area contributed by atoms with E-state index in [1.807, 2.05) is 54.7 Å². The molecule has 1 unspecified atom stereocenters. The molecule has 1 aromatic heterocycles. The molecule has 3 rings (SSSR count). The van der Waals surface area contributed by atoms with Crippen molar-refractivity contribution in [3.05, 3.63) is 65.3 Å². The molecule has 0 aliphatic rings. The largest absolute Gasteiger partial charge is 0.348 e. The van der Waals surface area contributed by atoms with Gasteiger partial charge in [0.1, 0.15) is 0 Å². The zero-order chi connectivity index (χ0) is 13.9. The van der Waals surface area contributed by atoms with E-state index >= 15 is 0 Å². The number of rotatable bonds is 3. The minimum Gasteiger partial charge on any atom is -0.348 e. The quantitative estimate of drug-likeness (QED) is 0.771. The minimum absolute atomic E-state index is 0.0925. The Hall–Kier alpha value is -2.13. The van der Waals surface area contributed by atoms with Gasteiger partial charge in [-0.15, -0.1) is 0 Å². The summed E-state index contributed by atoms with van der Waals surface area (Å²) in [6.45, 7) is 2.06. The SMILES string of the molecule is CC(Nc1ncc2ccccc2n1)c1cccc(Cl)c1. The first-order chi connectivity index (χ1) is 9.72. The van der Waals surface area contributed by atoms with Crippen molar-refractivity contribution in [2.45, 2.75) is 13.0 Å². The van der Waals surface area contributed by atoms with Gasteiger partial charge in [0.05, 0.1) is 11.6 Å². The van der Waals surface area contributed by atoms with Gasteiger partial charge in [-0.1, -0.05) is 41.9 Å². The molecule has 0 radical (unpaired) electrons. The van der Waals surface area contributed by atoms with Crippen LogP contribution in [-0.2, 0) is 0 Å². The lowest BCUT2D eigenvalue weighted by Gasteiger charge is -2.14. The van der Waals surface area contributed by atoms with Crippen LogP contribution in [0.25, 0.3) is 10.9 Å². The maximum Gasteiger partial charge on any atom is 0.223 e. The first kappa shape index (κ1) is 12.9. The zero-order valence-corrected chi connectivity index (χ0v) is 11.8. The highest BCUT2D eigenvalue weighted by atomic mass is 35.5. The predicted octanol–water partition coefficient (Wildman–Crippen LogP) is 4.46. The van der Waals surface area contributed by atoms with Crippen LogP contribution in [0.15, 0.2) is 54.7 Å². The molecule has 0 amide bonds. The van der Waals surface area contributed by atoms with Gasteiger partial charge in [0.25, 0.3) is 0 Å². The average Bonchev–Trinajstić information content (AvgIpc) is 2.47. The molecule has 3 aromatic rings. The van der Waals surface area contributed by atoms with E-state index in [2.05, 4.69) is 22.2 Å². The van der Waals surface area contributed by atoms with E-state index in [-0.39, 0.29) is 6.04 Å². The van der Waals surface area contributed by atoms with Gasteiger partial charge in [-0.3, -0.25) is 0 Å². The molecule has 0 saturated carbocycles. The van der Waals surface area contributed by atoms with Crippen molar-refractivity contribution in [2.75, 3.05) is 5.32 Å². The fourth-order valence-corrected chi connectivity index (χ4v) is 2.29. The van der Waals surface area contributed by atoms with E-state index in [0.29, 0.717) is 5.95 Å². The third-order valence-electron chi connectivity index (χ3n) is 3.18. The lowest BCUT2D eigenvalue weighted by molar-refractivity contribution is 0.864. The molecule has 3 nitrogen and oxygen atoms in total. The standard InChI is InChI=1S/C16H14ClN3/c1-11(12-6-4-7-14(17)9-12)19-16-18-10-13-5-2-3-8-15(13)20-16/h2-11H,1H3,(H,18,19,20). The number of anilines is 1. The van der Waals surface area contributed by atoms with Crippen molar-refractivity contribution in [1.29, 1.82) is 0 Å². The number of benzene rings is 2. The average molecular weight is 284 g/mol. The van der Waals surface area contributed by atoms with Gasteiger partial charge < -0.3 is 5.32 Å². The Morgan fingerprint density at radius 2 is 1.95 bits per heavy atom. The molecule has 0 saturated heterocycles. The summed E-state index contributed by atoms with van der Waals surface area (Å²) < 4.78 is 0. The van der Waals surface area contributed by atoms with Gasteiger partial charge in [0.15, 0.2) is 0 Å². The normalized spacial score (nSPS) is 12.3. The number of fused-ring (bicyclic) bond motifs is 1. The van der Waals surface area contributed by atoms with Gasteiger partial charge >= 0.3 is 0 Å². The monoisotopic (exact) mass is 283 g/mol. The number of nitrogens with one attached hydrogen (secondary N) is 1. The number of aromatic nitrogens is 2. The lowest BCUT2D eigenvalue weighted by atomic mass is 10.1. The predicted molar refractivity (Wildman–Crippen MR) is 83.0 cm³/mol. The third kappa shape index (κ3) is 2.73. The van der Waals surface area contributed by atoms with Crippen molar-refractivity contribution in [1.82, 2.24) is 9.97 Å². The maximum atomic E-state index is 6.01. The van der Waals surface area contributed by atoms with Crippen LogP contribution in [0.1, 0.15) is 18.5 Å². The maximum absolute atomic E-state index is 6.01. The van der Waals surface area contributed by atoms with Gasteiger partial charge in [0.2, 0.25) is 5.95 Å². The van der Waals surface area contributed by atoms with E-state index in [1.54, 1.807) is 0 Å². The molecule has 0 fully saturated rings. The second-order valence-electron chi connectivity index (χ2n) is 4.67. The molecule has 0 aliphatic carbocycles. The van der Waals surface area contributed by atoms with E-state index in [0.717, 1.165) is 21.5 Å². The van der Waals surface area contributed by atoms with E-state index in [1.165, 1.54) is 0 Å². The van der Waals surface area contributed by atoms with Crippen LogP contribution in [0.2, 0.25) is 5.02 Å². The topological polar surface area (TPSA) is 37.8 Å². The second-order valence-corrected chi connectivity index (χ2v) is 5.11. The molecule has 20 heavy (non-hydrogen) atoms. The van der Waals surface area contributed by atoms with E-state index < -0.39 is 0 Å². The number of hydrogen-bond acceptors (Lipinski definition) is 3. The molecular formula is C16H14ClN3. The number of nitrogens with zero attached hydrogens (tertiary/aromatic N) is 2. The lowest BCUT2D eigenvalue weighted by Crippen LogP contribution is -2.09. The van der Waals surface area contributed by atoms with Gasteiger partial charge in [-0.25, -0.2) is 9.97 Å². The minimum atomic E-state index is 0.0925. The Morgan fingerprint density at radius 3 is 2.80 bits per heavy atom. The summed E-state index contributed by atoms with van der Waals surface area (Å²) in [4.78, 5) is 8.85. The second kappa shape index (κ2) is 5.47. The first-order valence-corrected chi connectivity index (χ1v) is 6.84. The molecule has 1 atom stereocenters. The number of halogens is 1. The van der Waals surface area contributed by atoms with Gasteiger partial charge in [-0.05, 0) is 30.7 Å². The highest BCUT2D eigenvalue weighted by Crippen LogP contribution is 2.21. The van der Waals surface area contributed by atoms with Gasteiger partial charge in [0, 0.05) is 16.6 Å². The fourth-order valence-electron chi connectivity index (χ4n) is 2.09. The summed E-state index contributed by atoms with van der Waals surface area (Å²) in [5.74, 6) is 0.621. The fraction of sp³-hybridized carbons (Fsp3) is 0.125. The van der Waals surface area contributed by atoms with Crippen LogP contribution < -0.4 is 5.32 Å². The molecule has 1 heterocycles. The van der Waals surface area contributed by atoms with Crippen LogP contribution in [-0.4, -0.2) is 9.97 Å². The first-order valence-electron chi connectivity index (χ1n) is 6.46. The molecule has 0 bridgehead atoms. The molecule has 0 aliphatic heterocycles. The third-order valence-corrected chi connectivity index (χ3v) is 3.42. The van der Waals surface area contributed by atoms with Crippen LogP contribution in [0.5, 0.6) is 0 Å². The van der Waals surface area contributed by atoms with Crippen LogP contribution in [0.3, 0.4) is 0 Å². The zero-order valence-electron chi connectivity index (χ0n) is 11.0. The van der Waals surface area contributed by atoms with E-state index in [4.69, 9.17) is 11.6 Å². The highest BCUT2D eigenvalue weighted by Gasteiger charge is 2.07. The van der Waals surface area contributed by atoms with Crippen LogP contribution in [0.4, 0.5) is 5.95 Å². The summed E-state index contributed by atoms with van der Waals surface area (Å²) in [7, 11) is 0. The molecule has 2 aromatic carbocycles. The Balaban J connectivity index is 1.85. The highest BCUT2D eigenvalue weighted by molar-refractivity contribution is 6.30. The van der Waals surface area contributed by atoms with Crippen molar-refractivity contribution in [2.24, 2.45) is 0 Å². The molecule has 0 spiro atoms.